The van der Waals surface area contributed by atoms with Crippen LogP contribution in [-0.4, -0.2) is 25.0 Å². The average Bonchev–Trinajstić information content (AvgIpc) is 3.49. The first-order valence-corrected chi connectivity index (χ1v) is 10.3. The number of H-pyrrole nitrogens is 2. The van der Waals surface area contributed by atoms with E-state index in [9.17, 15) is 14.4 Å². The Bertz CT molecular complexity index is 1360. The molecule has 0 saturated heterocycles. The van der Waals surface area contributed by atoms with Gasteiger partial charge in [-0.25, -0.2) is 9.89 Å². The molecule has 0 bridgehead atoms. The molecule has 2 heterocycles. The predicted octanol–water partition coefficient (Wildman–Crippen LogP) is 2.34. The molecular formula is C19H16Cl2N6O4. The number of nitrogen functional groups attached to an aromatic ring is 1. The molecular weight excluding hydrogens is 447 g/mol. The van der Waals surface area contributed by atoms with E-state index >= 15 is 0 Å². The fraction of sp³-hybridized carbons (Fsp3) is 0.316. The van der Waals surface area contributed by atoms with E-state index in [1.54, 1.807) is 6.07 Å². The van der Waals surface area contributed by atoms with Crippen molar-refractivity contribution >= 4 is 29.0 Å². The second-order valence-corrected chi connectivity index (χ2v) is 8.81. The Morgan fingerprint density at radius 2 is 1.77 bits per heavy atom. The lowest BCUT2D eigenvalue weighted by molar-refractivity contribution is 0.235. The van der Waals surface area contributed by atoms with Gasteiger partial charge in [0.05, 0.1) is 15.7 Å². The number of nitrogens with zero attached hydrogens (tertiary/aromatic N) is 3. The molecule has 4 N–H and O–H groups in total. The third-order valence-electron chi connectivity index (χ3n) is 5.85. The average molecular weight is 463 g/mol. The summed E-state index contributed by atoms with van der Waals surface area (Å²) in [5.74, 6) is 0.0384. The minimum atomic E-state index is -0.805. The van der Waals surface area contributed by atoms with Gasteiger partial charge in [0.15, 0.2) is 5.75 Å². The molecule has 2 aliphatic rings. The highest BCUT2D eigenvalue weighted by Gasteiger charge is 2.53. The van der Waals surface area contributed by atoms with Crippen LogP contribution >= 0.6 is 23.2 Å². The van der Waals surface area contributed by atoms with Crippen molar-refractivity contribution in [1.82, 2.24) is 25.0 Å². The van der Waals surface area contributed by atoms with Crippen LogP contribution in [0.4, 0.5) is 5.82 Å². The van der Waals surface area contributed by atoms with E-state index in [1.165, 1.54) is 25.0 Å². The van der Waals surface area contributed by atoms with Gasteiger partial charge in [0.1, 0.15) is 0 Å². The quantitative estimate of drug-likeness (QED) is 0.538. The highest BCUT2D eigenvalue weighted by molar-refractivity contribution is 6.37. The van der Waals surface area contributed by atoms with E-state index in [4.69, 9.17) is 33.7 Å². The molecule has 1 aromatic carbocycles. The molecule has 0 unspecified atom stereocenters. The van der Waals surface area contributed by atoms with Crippen molar-refractivity contribution in [3.8, 4) is 17.3 Å². The van der Waals surface area contributed by atoms with E-state index in [1.807, 2.05) is 4.98 Å². The van der Waals surface area contributed by atoms with E-state index < -0.39 is 11.2 Å². The highest BCUT2D eigenvalue weighted by atomic mass is 35.5. The van der Waals surface area contributed by atoms with E-state index in [0.29, 0.717) is 11.0 Å². The lowest BCUT2D eigenvalue weighted by atomic mass is 9.69. The molecule has 12 heteroatoms. The molecule has 0 atom stereocenters. The van der Waals surface area contributed by atoms with Gasteiger partial charge < -0.3 is 10.5 Å². The Labute approximate surface area is 184 Å². The molecule has 0 radical (unpaired) electrons. The predicted molar refractivity (Wildman–Crippen MR) is 113 cm³/mol. The van der Waals surface area contributed by atoms with Gasteiger partial charge in [0.2, 0.25) is 11.7 Å². The van der Waals surface area contributed by atoms with Crippen LogP contribution in [0.3, 0.4) is 0 Å². The van der Waals surface area contributed by atoms with Crippen LogP contribution in [0, 0.1) is 5.41 Å². The second-order valence-electron chi connectivity index (χ2n) is 7.99. The summed E-state index contributed by atoms with van der Waals surface area (Å²) in [6.45, 7) is 0. The number of hydrogen-bond acceptors (Lipinski definition) is 7. The fourth-order valence-electron chi connectivity index (χ4n) is 4.01. The zero-order valence-corrected chi connectivity index (χ0v) is 17.5. The molecule has 1 spiro atoms. The minimum absolute atomic E-state index is 0.0658. The normalized spacial score (nSPS) is 16.8. The first-order valence-electron chi connectivity index (χ1n) is 9.51. The van der Waals surface area contributed by atoms with Crippen LogP contribution in [0.2, 0.25) is 10.0 Å². The summed E-state index contributed by atoms with van der Waals surface area (Å²) in [5, 5.41) is 10.3. The van der Waals surface area contributed by atoms with Crippen molar-refractivity contribution in [2.45, 2.75) is 31.6 Å². The Hall–Kier alpha value is -3.11. The summed E-state index contributed by atoms with van der Waals surface area (Å²) in [6, 6.07) is 4.36. The zero-order valence-electron chi connectivity index (χ0n) is 15.9. The topological polar surface area (TPSA) is 149 Å². The Morgan fingerprint density at radius 1 is 1.10 bits per heavy atom. The van der Waals surface area contributed by atoms with Gasteiger partial charge in [-0.15, -0.1) is 10.2 Å². The van der Waals surface area contributed by atoms with E-state index in [2.05, 4.69) is 15.3 Å². The largest absolute Gasteiger partial charge is 0.434 e. The van der Waals surface area contributed by atoms with Gasteiger partial charge in [-0.1, -0.05) is 23.2 Å². The molecule has 160 valence electrons. The fourth-order valence-corrected chi connectivity index (χ4v) is 4.56. The number of hydrogen-bond donors (Lipinski definition) is 3. The van der Waals surface area contributed by atoms with Crippen LogP contribution in [0.15, 0.2) is 32.6 Å². The number of aromatic nitrogens is 5. The van der Waals surface area contributed by atoms with Crippen LogP contribution in [-0.2, 0) is 0 Å². The van der Waals surface area contributed by atoms with E-state index in [0.717, 1.165) is 17.5 Å². The molecule has 2 aliphatic carbocycles. The van der Waals surface area contributed by atoms with Crippen LogP contribution in [0.5, 0.6) is 11.6 Å². The van der Waals surface area contributed by atoms with Gasteiger partial charge in [0, 0.05) is 11.6 Å². The van der Waals surface area contributed by atoms with Crippen molar-refractivity contribution in [2.24, 2.45) is 5.41 Å². The molecule has 31 heavy (non-hydrogen) atoms. The number of ether oxygens (including phenoxy) is 1. The third kappa shape index (κ3) is 3.51. The molecule has 0 aliphatic heterocycles. The van der Waals surface area contributed by atoms with Gasteiger partial charge in [-0.3, -0.25) is 14.6 Å². The first-order chi connectivity index (χ1) is 14.7. The number of nitrogens with two attached hydrogens (primary N) is 1. The van der Waals surface area contributed by atoms with Crippen LogP contribution in [0.25, 0.3) is 5.69 Å². The number of aromatic amines is 2. The number of halogens is 2. The maximum Gasteiger partial charge on any atom is 0.349 e. The molecule has 3 aromatic rings. The van der Waals surface area contributed by atoms with Crippen molar-refractivity contribution in [2.75, 3.05) is 5.73 Å². The summed E-state index contributed by atoms with van der Waals surface area (Å²) in [6.07, 6.45) is 4.46. The van der Waals surface area contributed by atoms with Crippen molar-refractivity contribution in [3.63, 3.8) is 0 Å². The molecule has 5 rings (SSSR count). The number of nitrogens with one attached hydrogen (secondary N) is 2. The Kier molecular flexibility index (Phi) is 4.45. The van der Waals surface area contributed by atoms with E-state index in [-0.39, 0.29) is 44.7 Å². The smallest absolute Gasteiger partial charge is 0.349 e. The molecule has 2 saturated carbocycles. The Morgan fingerprint density at radius 3 is 2.42 bits per heavy atom. The molecule has 10 nitrogen and oxygen atoms in total. The number of anilines is 1. The summed E-state index contributed by atoms with van der Waals surface area (Å²) in [4.78, 5) is 37.7. The third-order valence-corrected chi connectivity index (χ3v) is 6.41. The van der Waals surface area contributed by atoms with Gasteiger partial charge >= 0.3 is 5.69 Å². The monoisotopic (exact) mass is 462 g/mol. The molecule has 2 fully saturated rings. The summed E-state index contributed by atoms with van der Waals surface area (Å²) in [7, 11) is 0. The molecule has 0 amide bonds. The van der Waals surface area contributed by atoms with Crippen molar-refractivity contribution in [1.29, 1.82) is 0 Å². The standard InChI is InChI=1S/C19H16Cl2N6O4/c20-11-3-9(27-18(30)23-17(29)15(22)26-27)4-12(21)14(11)31-13-5-10(16(28)25-24-13)8-6-19(7-8)1-2-19/h3-5,8H,1-2,6-7H2,(H2,22,26)(H,25,28)(H,23,29,30). The van der Waals surface area contributed by atoms with Gasteiger partial charge in [0.25, 0.3) is 11.1 Å². The number of rotatable bonds is 4. The van der Waals surface area contributed by atoms with Gasteiger partial charge in [-0.05, 0) is 49.1 Å². The summed E-state index contributed by atoms with van der Waals surface area (Å²) in [5.41, 5.74) is 4.90. The maximum absolute atomic E-state index is 12.2. The van der Waals surface area contributed by atoms with Crippen LogP contribution < -0.4 is 27.3 Å². The Balaban J connectivity index is 1.45. The van der Waals surface area contributed by atoms with Crippen molar-refractivity contribution < 1.29 is 4.74 Å². The highest BCUT2D eigenvalue weighted by Crippen LogP contribution is 2.65. The maximum atomic E-state index is 12.2. The van der Waals surface area contributed by atoms with Gasteiger partial charge in [-0.2, -0.15) is 4.68 Å². The molecule has 2 aromatic heterocycles. The summed E-state index contributed by atoms with van der Waals surface area (Å²) < 4.78 is 6.61. The second kappa shape index (κ2) is 6.96. The first kappa shape index (κ1) is 19.8. The SMILES string of the molecule is Nc1nn(-c2cc(Cl)c(Oc3cc(C4CC5(CC5)C4)c(=O)[nH]n3)c(Cl)c2)c(=O)[nH]c1=O. The lowest BCUT2D eigenvalue weighted by Gasteiger charge is -2.35. The zero-order chi connectivity index (χ0) is 21.9. The van der Waals surface area contributed by atoms with Crippen molar-refractivity contribution in [3.05, 3.63) is 65.0 Å². The minimum Gasteiger partial charge on any atom is -0.434 e. The van der Waals surface area contributed by atoms with Crippen LogP contribution in [0.1, 0.15) is 37.2 Å². The number of benzene rings is 1. The summed E-state index contributed by atoms with van der Waals surface area (Å²) >= 11 is 12.6. The lowest BCUT2D eigenvalue weighted by Crippen LogP contribution is -2.33.